The molecule has 3 aromatic rings. The Labute approximate surface area is 287 Å². The summed E-state index contributed by atoms with van der Waals surface area (Å²) in [4.78, 5) is 51.4. The molecule has 0 saturated heterocycles. The molecule has 3 aliphatic carbocycles. The number of amides is 1. The average Bonchev–Trinajstić information content (AvgIpc) is 3.08. The Kier molecular flexibility index (Phi) is 9.25. The van der Waals surface area contributed by atoms with Crippen LogP contribution in [0.15, 0.2) is 77.6 Å². The number of carbonyl (C=O) groups excluding carboxylic acids is 4. The molecule has 0 radical (unpaired) electrons. The second kappa shape index (κ2) is 13.4. The molecule has 1 unspecified atom stereocenters. The third-order valence-corrected chi connectivity index (χ3v) is 9.91. The molecular formula is C38H38N2O10. The van der Waals surface area contributed by atoms with E-state index in [0.29, 0.717) is 35.4 Å². The third kappa shape index (κ3) is 5.80. The summed E-state index contributed by atoms with van der Waals surface area (Å²) < 4.78 is 11.0. The average molecular weight is 683 g/mol. The number of aliphatic hydroxyl groups excluding tert-OH is 2. The molecule has 1 fully saturated rings. The second-order valence-electron chi connectivity index (χ2n) is 12.8. The van der Waals surface area contributed by atoms with E-state index in [4.69, 9.17) is 15.2 Å². The highest BCUT2D eigenvalue weighted by Crippen LogP contribution is 2.53. The number of ether oxygens (including phenoxy) is 2. The van der Waals surface area contributed by atoms with Gasteiger partial charge >= 0.3 is 5.97 Å². The Morgan fingerprint density at radius 1 is 1.00 bits per heavy atom. The number of hydrogen-bond donors (Lipinski definition) is 6. The number of aromatic hydroxyl groups is 1. The van der Waals surface area contributed by atoms with Crippen molar-refractivity contribution in [3.8, 4) is 22.6 Å². The number of ketones is 2. The van der Waals surface area contributed by atoms with Crippen molar-refractivity contribution in [1.29, 1.82) is 0 Å². The number of primary amides is 1. The van der Waals surface area contributed by atoms with E-state index in [1.165, 1.54) is 13.2 Å². The highest BCUT2D eigenvalue weighted by molar-refractivity contribution is 6.22. The Hall–Kier alpha value is -5.46. The van der Waals surface area contributed by atoms with Crippen LogP contribution in [0.3, 0.4) is 0 Å². The highest BCUT2D eigenvalue weighted by Gasteiger charge is 2.60. The number of fused-ring (bicyclic) bond motifs is 3. The van der Waals surface area contributed by atoms with Gasteiger partial charge in [0.05, 0.1) is 19.3 Å². The molecule has 3 aromatic carbocycles. The number of benzene rings is 3. The van der Waals surface area contributed by atoms with E-state index in [1.54, 1.807) is 19.1 Å². The minimum absolute atomic E-state index is 0.00969. The highest BCUT2D eigenvalue weighted by atomic mass is 16.5. The van der Waals surface area contributed by atoms with Crippen LogP contribution in [-0.4, -0.2) is 69.2 Å². The van der Waals surface area contributed by atoms with Crippen LogP contribution in [-0.2, 0) is 43.3 Å². The summed E-state index contributed by atoms with van der Waals surface area (Å²) in [5, 5.41) is 48.3. The first-order valence-electron chi connectivity index (χ1n) is 16.3. The van der Waals surface area contributed by atoms with Gasteiger partial charge in [0.2, 0.25) is 5.78 Å². The topological polar surface area (TPSA) is 206 Å². The van der Waals surface area contributed by atoms with E-state index < -0.39 is 64.5 Å². The van der Waals surface area contributed by atoms with Crippen LogP contribution in [0.4, 0.5) is 0 Å². The summed E-state index contributed by atoms with van der Waals surface area (Å²) in [7, 11) is 1.51. The van der Waals surface area contributed by atoms with Gasteiger partial charge in [0.15, 0.2) is 11.4 Å². The molecule has 4 atom stereocenters. The SMILES string of the molecule is CCOC(=O)C(Cc1ccccc1)NCc1ccc(OC)c(-c2ccc(O)c3c2C[C@H]2C[C@H]4CC(=O)C(C(N)=O)=C(O)[C@@]4(O)C(=O)C2=C3O)c1. The van der Waals surface area contributed by atoms with E-state index in [0.717, 1.165) is 11.1 Å². The number of methoxy groups -OCH3 is 1. The quantitative estimate of drug-likeness (QED) is 0.135. The number of phenolic OH excluding ortho intramolecular Hbond substituents is 1. The zero-order valence-corrected chi connectivity index (χ0v) is 27.6. The fourth-order valence-electron chi connectivity index (χ4n) is 7.52. The Morgan fingerprint density at radius 2 is 1.74 bits per heavy atom. The van der Waals surface area contributed by atoms with Gasteiger partial charge in [-0.3, -0.25) is 19.2 Å². The molecule has 0 aliphatic heterocycles. The van der Waals surface area contributed by atoms with E-state index in [2.05, 4.69) is 5.32 Å². The summed E-state index contributed by atoms with van der Waals surface area (Å²) in [6, 6.07) is 17.5. The molecule has 12 heteroatoms. The Bertz CT molecular complexity index is 1970. The van der Waals surface area contributed by atoms with Crippen LogP contribution in [0, 0.1) is 11.8 Å². The van der Waals surface area contributed by atoms with Crippen molar-refractivity contribution in [2.75, 3.05) is 13.7 Å². The lowest BCUT2D eigenvalue weighted by molar-refractivity contribution is -0.148. The van der Waals surface area contributed by atoms with Crippen molar-refractivity contribution in [3.05, 3.63) is 99.8 Å². The van der Waals surface area contributed by atoms with Gasteiger partial charge in [-0.1, -0.05) is 42.5 Å². The standard InChI is InChI=1S/C38H38N2O10/c1-3-50-37(47)26(14-19-7-5-4-6-8-19)40-18-20-9-12-29(49-2)24(13-20)23-10-11-27(41)31-25(23)16-21-15-22-17-28(42)32(36(39)46)35(45)38(22,48)34(44)30(21)33(31)43/h4-13,21-22,26,40-41,43,45,48H,3,14-18H2,1-2H3,(H2,39,46)/t21-,22+,26?,38+/m1/s1. The lowest BCUT2D eigenvalue weighted by Crippen LogP contribution is -2.58. The predicted molar refractivity (Wildman–Crippen MR) is 181 cm³/mol. The van der Waals surface area contributed by atoms with Crippen molar-refractivity contribution in [3.63, 3.8) is 0 Å². The van der Waals surface area contributed by atoms with Gasteiger partial charge < -0.3 is 41.0 Å². The molecule has 0 aromatic heterocycles. The minimum atomic E-state index is -2.64. The number of phenols is 1. The van der Waals surface area contributed by atoms with E-state index in [-0.39, 0.29) is 42.3 Å². The van der Waals surface area contributed by atoms with Crippen molar-refractivity contribution in [1.82, 2.24) is 5.32 Å². The third-order valence-electron chi connectivity index (χ3n) is 9.91. The largest absolute Gasteiger partial charge is 0.508 e. The number of aliphatic hydroxyl groups is 3. The number of nitrogens with two attached hydrogens (primary N) is 1. The van der Waals surface area contributed by atoms with E-state index in [1.807, 2.05) is 42.5 Å². The lowest BCUT2D eigenvalue weighted by Gasteiger charge is -2.46. The summed E-state index contributed by atoms with van der Waals surface area (Å²) in [5.41, 5.74) is 5.04. The maximum atomic E-state index is 13.9. The number of carbonyl (C=O) groups is 4. The molecule has 12 nitrogen and oxygen atoms in total. The number of hydrogen-bond acceptors (Lipinski definition) is 11. The normalized spacial score (nSPS) is 22.0. The van der Waals surface area contributed by atoms with Gasteiger partial charge in [0.25, 0.3) is 5.91 Å². The van der Waals surface area contributed by atoms with Gasteiger partial charge in [-0.15, -0.1) is 0 Å². The number of esters is 1. The van der Waals surface area contributed by atoms with Crippen LogP contribution in [0.5, 0.6) is 11.5 Å². The van der Waals surface area contributed by atoms with Crippen molar-refractivity contribution >= 4 is 29.2 Å². The summed E-state index contributed by atoms with van der Waals surface area (Å²) in [5.74, 6) is -6.81. The molecule has 260 valence electrons. The molecule has 0 heterocycles. The van der Waals surface area contributed by atoms with Gasteiger partial charge in [0, 0.05) is 30.0 Å². The van der Waals surface area contributed by atoms with E-state index >= 15 is 0 Å². The fraction of sp³-hybridized carbons (Fsp3) is 0.316. The van der Waals surface area contributed by atoms with Crippen molar-refractivity contribution in [2.45, 2.75) is 50.8 Å². The molecule has 0 bridgehead atoms. The lowest BCUT2D eigenvalue weighted by atomic mass is 9.59. The second-order valence-corrected chi connectivity index (χ2v) is 12.8. The summed E-state index contributed by atoms with van der Waals surface area (Å²) in [6.07, 6.45) is 0.150. The molecule has 50 heavy (non-hydrogen) atoms. The van der Waals surface area contributed by atoms with Crippen LogP contribution in [0.25, 0.3) is 16.9 Å². The van der Waals surface area contributed by atoms with E-state index in [9.17, 15) is 39.6 Å². The minimum Gasteiger partial charge on any atom is -0.508 e. The van der Waals surface area contributed by atoms with Crippen molar-refractivity contribution < 1.29 is 49.1 Å². The first kappa shape index (κ1) is 34.4. The first-order chi connectivity index (χ1) is 23.9. The molecule has 0 spiro atoms. The maximum Gasteiger partial charge on any atom is 0.323 e. The van der Waals surface area contributed by atoms with Crippen LogP contribution in [0.1, 0.15) is 42.0 Å². The summed E-state index contributed by atoms with van der Waals surface area (Å²) in [6.45, 7) is 2.28. The molecule has 6 rings (SSSR count). The zero-order valence-electron chi connectivity index (χ0n) is 27.6. The van der Waals surface area contributed by atoms with Gasteiger partial charge in [-0.2, -0.15) is 0 Å². The molecule has 1 amide bonds. The van der Waals surface area contributed by atoms with Gasteiger partial charge in [-0.25, -0.2) is 0 Å². The van der Waals surface area contributed by atoms with Gasteiger partial charge in [-0.05, 0) is 72.6 Å². The summed E-state index contributed by atoms with van der Waals surface area (Å²) >= 11 is 0. The molecular weight excluding hydrogens is 644 g/mol. The Morgan fingerprint density at radius 3 is 2.42 bits per heavy atom. The maximum absolute atomic E-state index is 13.9. The van der Waals surface area contributed by atoms with Crippen LogP contribution < -0.4 is 15.8 Å². The fourth-order valence-corrected chi connectivity index (χ4v) is 7.52. The number of rotatable bonds is 10. The molecule has 7 N–H and O–H groups in total. The molecule has 3 aliphatic rings. The van der Waals surface area contributed by atoms with Crippen LogP contribution in [0.2, 0.25) is 0 Å². The van der Waals surface area contributed by atoms with Crippen LogP contribution >= 0.6 is 0 Å². The van der Waals surface area contributed by atoms with Gasteiger partial charge in [0.1, 0.15) is 34.6 Å². The predicted octanol–water partition coefficient (Wildman–Crippen LogP) is 3.36. The number of nitrogens with one attached hydrogen (secondary N) is 1. The Balaban J connectivity index is 1.38. The first-order valence-corrected chi connectivity index (χ1v) is 16.3. The van der Waals surface area contributed by atoms with Crippen molar-refractivity contribution in [2.24, 2.45) is 17.6 Å². The smallest absolute Gasteiger partial charge is 0.323 e. The monoisotopic (exact) mass is 682 g/mol. The zero-order chi connectivity index (χ0) is 35.9. The molecule has 1 saturated carbocycles. The number of Topliss-reactive ketones (excluding diaryl/α,β-unsaturated/α-hetero) is 2.